The van der Waals surface area contributed by atoms with Gasteiger partial charge in [-0.25, -0.2) is 9.18 Å². The lowest BCUT2D eigenvalue weighted by Crippen LogP contribution is -2.52. The quantitative estimate of drug-likeness (QED) is 0.390. The van der Waals surface area contributed by atoms with Crippen LogP contribution in [0, 0.1) is 17.1 Å². The second-order valence-electron chi connectivity index (χ2n) is 9.98. The highest BCUT2D eigenvalue weighted by molar-refractivity contribution is 5.79. The van der Waals surface area contributed by atoms with Crippen molar-refractivity contribution in [1.82, 2.24) is 4.90 Å². The number of ether oxygens (including phenoxy) is 1. The first kappa shape index (κ1) is 22.5. The highest BCUT2D eigenvalue weighted by atomic mass is 19.1. The Balaban J connectivity index is 1.19. The average Bonchev–Trinajstić information content (AvgIpc) is 3.21. The lowest BCUT2D eigenvalue weighted by molar-refractivity contribution is 0.0509. The number of rotatable bonds is 4. The van der Waals surface area contributed by atoms with E-state index >= 15 is 0 Å². The molecule has 2 atom stereocenters. The Morgan fingerprint density at radius 2 is 1.75 bits per heavy atom. The van der Waals surface area contributed by atoms with Crippen molar-refractivity contribution >= 4 is 6.09 Å². The number of piperidine rings is 1. The number of fused-ring (bicyclic) bond motifs is 5. The van der Waals surface area contributed by atoms with E-state index in [2.05, 4.69) is 36.4 Å². The second-order valence-corrected chi connectivity index (χ2v) is 9.98. The van der Waals surface area contributed by atoms with Crippen LogP contribution in [0.1, 0.15) is 53.9 Å². The zero-order chi connectivity index (χ0) is 24.6. The van der Waals surface area contributed by atoms with Crippen LogP contribution in [0.25, 0.3) is 11.1 Å². The largest absolute Gasteiger partial charge is 0.448 e. The summed E-state index contributed by atoms with van der Waals surface area (Å²) in [4.78, 5) is 15.3. The summed E-state index contributed by atoms with van der Waals surface area (Å²) in [6, 6.07) is 23.3. The zero-order valence-electron chi connectivity index (χ0n) is 20.0. The van der Waals surface area contributed by atoms with Crippen molar-refractivity contribution in [2.45, 2.75) is 50.1 Å². The maximum Gasteiger partial charge on any atom is 0.410 e. The van der Waals surface area contributed by atoms with Crippen LogP contribution >= 0.6 is 0 Å². The molecule has 2 aliphatic heterocycles. The molecule has 3 aromatic rings. The lowest BCUT2D eigenvalue weighted by atomic mass is 9.83. The van der Waals surface area contributed by atoms with Gasteiger partial charge in [0.05, 0.1) is 17.7 Å². The molecule has 2 unspecified atom stereocenters. The number of benzene rings is 3. The maximum absolute atomic E-state index is 13.6. The standard InChI is InChI=1S/C31H27FN2O2/c32-23-13-12-21(22(17-23)18-33)14-20-15-24-6-5-7-25(16-20)34(24)31(35)36-19-30-28-10-3-1-8-26(28)27-9-2-4-11-29(27)30/h1-4,8-13,15,17,24-25,30H,5-7,14,16,19H2. The molecule has 1 saturated heterocycles. The lowest BCUT2D eigenvalue weighted by Gasteiger charge is -2.44. The number of carbonyl (C=O) groups excluding carboxylic acids is 1. The molecule has 3 aromatic carbocycles. The molecule has 2 heterocycles. The van der Waals surface area contributed by atoms with Crippen LogP contribution in [0.5, 0.6) is 0 Å². The molecule has 36 heavy (non-hydrogen) atoms. The van der Waals surface area contributed by atoms with E-state index in [9.17, 15) is 14.4 Å². The van der Waals surface area contributed by atoms with Gasteiger partial charge in [0.15, 0.2) is 0 Å². The van der Waals surface area contributed by atoms with Crippen molar-refractivity contribution in [3.05, 3.63) is 106 Å². The van der Waals surface area contributed by atoms with Crippen LogP contribution in [0.2, 0.25) is 0 Å². The summed E-state index contributed by atoms with van der Waals surface area (Å²) in [6.07, 6.45) is 6.19. The Kier molecular flexibility index (Phi) is 5.81. The van der Waals surface area contributed by atoms with Crippen molar-refractivity contribution in [2.75, 3.05) is 6.61 Å². The van der Waals surface area contributed by atoms with Crippen LogP contribution in [0.15, 0.2) is 78.4 Å². The maximum atomic E-state index is 13.6. The topological polar surface area (TPSA) is 53.3 Å². The summed E-state index contributed by atoms with van der Waals surface area (Å²) in [5, 5.41) is 9.41. The highest BCUT2D eigenvalue weighted by Gasteiger charge is 2.39. The first-order valence-electron chi connectivity index (χ1n) is 12.6. The van der Waals surface area contributed by atoms with E-state index in [0.29, 0.717) is 18.6 Å². The molecule has 3 aliphatic rings. The number of nitriles is 1. The van der Waals surface area contributed by atoms with Gasteiger partial charge in [0.2, 0.25) is 0 Å². The van der Waals surface area contributed by atoms with Gasteiger partial charge < -0.3 is 4.74 Å². The number of nitrogens with zero attached hydrogens (tertiary/aromatic N) is 2. The van der Waals surface area contributed by atoms with Gasteiger partial charge in [-0.3, -0.25) is 4.90 Å². The predicted octanol–water partition coefficient (Wildman–Crippen LogP) is 6.74. The third-order valence-corrected chi connectivity index (χ3v) is 7.87. The van der Waals surface area contributed by atoms with Gasteiger partial charge in [-0.2, -0.15) is 5.26 Å². The van der Waals surface area contributed by atoms with Gasteiger partial charge in [0.25, 0.3) is 0 Å². The zero-order valence-corrected chi connectivity index (χ0v) is 20.0. The second kappa shape index (κ2) is 9.28. The first-order valence-corrected chi connectivity index (χ1v) is 12.6. The Morgan fingerprint density at radius 1 is 1.03 bits per heavy atom. The van der Waals surface area contributed by atoms with Crippen LogP contribution in [0.3, 0.4) is 0 Å². The van der Waals surface area contributed by atoms with Crippen LogP contribution in [-0.2, 0) is 11.2 Å². The fourth-order valence-corrected chi connectivity index (χ4v) is 6.25. The third-order valence-electron chi connectivity index (χ3n) is 7.87. The molecule has 4 nitrogen and oxygen atoms in total. The molecule has 6 rings (SSSR count). The summed E-state index contributed by atoms with van der Waals surface area (Å²) < 4.78 is 19.6. The molecule has 1 fully saturated rings. The Morgan fingerprint density at radius 3 is 2.44 bits per heavy atom. The number of hydrogen-bond acceptors (Lipinski definition) is 3. The fourth-order valence-electron chi connectivity index (χ4n) is 6.25. The van der Waals surface area contributed by atoms with Crippen LogP contribution < -0.4 is 0 Å². The molecule has 1 amide bonds. The van der Waals surface area contributed by atoms with Crippen molar-refractivity contribution < 1.29 is 13.9 Å². The molecular weight excluding hydrogens is 451 g/mol. The Bertz CT molecular complexity index is 1360. The minimum absolute atomic E-state index is 0.00543. The predicted molar refractivity (Wildman–Crippen MR) is 136 cm³/mol. The van der Waals surface area contributed by atoms with Gasteiger partial charge >= 0.3 is 6.09 Å². The summed E-state index contributed by atoms with van der Waals surface area (Å²) in [5.41, 5.74) is 7.26. The molecular formula is C31H27FN2O2. The van der Waals surface area contributed by atoms with Gasteiger partial charge in [0.1, 0.15) is 12.4 Å². The molecule has 180 valence electrons. The van der Waals surface area contributed by atoms with E-state index in [1.54, 1.807) is 6.07 Å². The average molecular weight is 479 g/mol. The monoisotopic (exact) mass is 478 g/mol. The van der Waals surface area contributed by atoms with E-state index in [4.69, 9.17) is 4.74 Å². The van der Waals surface area contributed by atoms with E-state index in [0.717, 1.165) is 31.2 Å². The normalized spacial score (nSPS) is 20.2. The summed E-state index contributed by atoms with van der Waals surface area (Å²) in [6.45, 7) is 0.320. The summed E-state index contributed by atoms with van der Waals surface area (Å²) in [7, 11) is 0. The van der Waals surface area contributed by atoms with E-state index < -0.39 is 5.82 Å². The van der Waals surface area contributed by atoms with Gasteiger partial charge in [-0.1, -0.05) is 66.2 Å². The number of halogens is 1. The van der Waals surface area contributed by atoms with Crippen LogP contribution in [0.4, 0.5) is 9.18 Å². The number of hydrogen-bond donors (Lipinski definition) is 0. The number of carbonyl (C=O) groups is 1. The molecule has 0 aromatic heterocycles. The molecule has 0 N–H and O–H groups in total. The Labute approximate surface area is 210 Å². The van der Waals surface area contributed by atoms with Crippen molar-refractivity contribution in [2.24, 2.45) is 0 Å². The number of amides is 1. The van der Waals surface area contributed by atoms with Crippen LogP contribution in [-0.4, -0.2) is 29.7 Å². The summed E-state index contributed by atoms with van der Waals surface area (Å²) in [5.74, 6) is -0.355. The first-order chi connectivity index (χ1) is 17.6. The van der Waals surface area contributed by atoms with E-state index in [1.807, 2.05) is 29.2 Å². The SMILES string of the molecule is N#Cc1cc(F)ccc1CC1=CC2CCCC(C1)N2C(=O)OCC1c2ccccc2-c2ccccc21. The third kappa shape index (κ3) is 3.97. The minimum Gasteiger partial charge on any atom is -0.448 e. The van der Waals surface area contributed by atoms with Crippen molar-refractivity contribution in [3.63, 3.8) is 0 Å². The molecule has 1 aliphatic carbocycles. The van der Waals surface area contributed by atoms with Crippen molar-refractivity contribution in [1.29, 1.82) is 5.26 Å². The molecule has 2 bridgehead atoms. The van der Waals surface area contributed by atoms with Gasteiger partial charge in [0, 0.05) is 12.0 Å². The van der Waals surface area contributed by atoms with E-state index in [-0.39, 0.29) is 24.1 Å². The fraction of sp³-hybridized carbons (Fsp3) is 0.290. The van der Waals surface area contributed by atoms with E-state index in [1.165, 1.54) is 40.0 Å². The highest BCUT2D eigenvalue weighted by Crippen LogP contribution is 2.45. The van der Waals surface area contributed by atoms with Gasteiger partial charge in [-0.15, -0.1) is 0 Å². The molecule has 0 radical (unpaired) electrons. The minimum atomic E-state index is -0.397. The van der Waals surface area contributed by atoms with Gasteiger partial charge in [-0.05, 0) is 72.1 Å². The Hall–Kier alpha value is -3.91. The molecule has 0 spiro atoms. The van der Waals surface area contributed by atoms with Crippen molar-refractivity contribution in [3.8, 4) is 17.2 Å². The smallest absolute Gasteiger partial charge is 0.410 e. The molecule has 5 heteroatoms. The molecule has 0 saturated carbocycles. The summed E-state index contributed by atoms with van der Waals surface area (Å²) >= 11 is 0.